The second-order valence-corrected chi connectivity index (χ2v) is 3.12. The molecule has 0 spiro atoms. The van der Waals surface area contributed by atoms with Crippen molar-refractivity contribution in [1.29, 1.82) is 0 Å². The summed E-state index contributed by atoms with van der Waals surface area (Å²) < 4.78 is 27.2. The van der Waals surface area contributed by atoms with E-state index < -0.39 is 11.9 Å². The van der Waals surface area contributed by atoms with Crippen LogP contribution in [0.4, 0.5) is 8.78 Å². The third kappa shape index (κ3) is 2.15. The van der Waals surface area contributed by atoms with Gasteiger partial charge in [-0.15, -0.1) is 4.39 Å². The van der Waals surface area contributed by atoms with Crippen LogP contribution in [0.2, 0.25) is 0 Å². The Labute approximate surface area is 85.8 Å². The van der Waals surface area contributed by atoms with E-state index in [1.165, 1.54) is 17.0 Å². The molecule has 0 fully saturated rings. The molecule has 2 nitrogen and oxygen atoms in total. The molecular formula is C11H9F2N2+. The zero-order valence-electron chi connectivity index (χ0n) is 7.90. The summed E-state index contributed by atoms with van der Waals surface area (Å²) in [6.07, 6.45) is 2.65. The SMILES string of the molecule is Fc1ncc[n+](Cc2ccccc2)c1F. The molecule has 0 bridgehead atoms. The Morgan fingerprint density at radius 2 is 1.87 bits per heavy atom. The maximum atomic E-state index is 13.2. The van der Waals surface area contributed by atoms with E-state index in [1.54, 1.807) is 0 Å². The largest absolute Gasteiger partial charge is 0.416 e. The molecule has 1 aromatic carbocycles. The number of halogens is 2. The van der Waals surface area contributed by atoms with Gasteiger partial charge in [0.1, 0.15) is 0 Å². The number of nitrogens with zero attached hydrogens (tertiary/aromatic N) is 2. The number of aromatic nitrogens is 2. The highest BCUT2D eigenvalue weighted by atomic mass is 19.2. The topological polar surface area (TPSA) is 16.8 Å². The van der Waals surface area contributed by atoms with Crippen molar-refractivity contribution in [2.45, 2.75) is 6.54 Å². The van der Waals surface area contributed by atoms with Gasteiger partial charge >= 0.3 is 11.9 Å². The minimum absolute atomic E-state index is 0.298. The van der Waals surface area contributed by atoms with Gasteiger partial charge in [0.15, 0.2) is 12.7 Å². The molecular weight excluding hydrogens is 198 g/mol. The Hall–Kier alpha value is -1.84. The van der Waals surface area contributed by atoms with Crippen molar-refractivity contribution in [3.05, 3.63) is 60.2 Å². The number of rotatable bonds is 2. The van der Waals surface area contributed by atoms with Crippen LogP contribution in [0.15, 0.2) is 42.7 Å². The molecule has 0 amide bonds. The Morgan fingerprint density at radius 1 is 1.13 bits per heavy atom. The predicted molar refractivity (Wildman–Crippen MR) is 49.9 cm³/mol. The van der Waals surface area contributed by atoms with Crippen molar-refractivity contribution in [2.75, 3.05) is 0 Å². The quantitative estimate of drug-likeness (QED) is 0.685. The molecule has 0 unspecified atom stereocenters. The van der Waals surface area contributed by atoms with Crippen LogP contribution >= 0.6 is 0 Å². The fourth-order valence-electron chi connectivity index (χ4n) is 1.32. The van der Waals surface area contributed by atoms with Gasteiger partial charge in [-0.2, -0.15) is 8.96 Å². The summed E-state index contributed by atoms with van der Waals surface area (Å²) in [5.41, 5.74) is 0.909. The summed E-state index contributed by atoms with van der Waals surface area (Å²) >= 11 is 0. The van der Waals surface area contributed by atoms with Crippen LogP contribution in [0.5, 0.6) is 0 Å². The molecule has 0 aliphatic carbocycles. The van der Waals surface area contributed by atoms with Gasteiger partial charge in [-0.25, -0.2) is 4.98 Å². The molecule has 1 heterocycles. The number of benzene rings is 1. The van der Waals surface area contributed by atoms with Crippen molar-refractivity contribution in [3.8, 4) is 0 Å². The lowest BCUT2D eigenvalue weighted by Gasteiger charge is -1.97. The minimum atomic E-state index is -1.08. The first-order valence-corrected chi connectivity index (χ1v) is 4.51. The number of hydrogen-bond donors (Lipinski definition) is 0. The van der Waals surface area contributed by atoms with Crippen LogP contribution in [0.25, 0.3) is 0 Å². The Balaban J connectivity index is 2.29. The lowest BCUT2D eigenvalue weighted by Crippen LogP contribution is -2.39. The summed E-state index contributed by atoms with van der Waals surface area (Å²) in [5, 5.41) is 0. The molecule has 15 heavy (non-hydrogen) atoms. The first-order valence-electron chi connectivity index (χ1n) is 4.51. The second kappa shape index (κ2) is 4.13. The van der Waals surface area contributed by atoms with Crippen LogP contribution in [0.3, 0.4) is 0 Å². The summed E-state index contributed by atoms with van der Waals surface area (Å²) in [6, 6.07) is 9.28. The van der Waals surface area contributed by atoms with Crippen molar-refractivity contribution < 1.29 is 13.3 Å². The lowest BCUT2D eigenvalue weighted by atomic mass is 10.2. The predicted octanol–water partition coefficient (Wildman–Crippen LogP) is 1.70. The fraction of sp³-hybridized carbons (Fsp3) is 0.0909. The zero-order chi connectivity index (χ0) is 10.7. The van der Waals surface area contributed by atoms with Crippen molar-refractivity contribution in [2.24, 2.45) is 0 Å². The van der Waals surface area contributed by atoms with E-state index >= 15 is 0 Å². The minimum Gasteiger partial charge on any atom is -0.214 e. The molecule has 0 saturated carbocycles. The first-order chi connectivity index (χ1) is 7.27. The third-order valence-electron chi connectivity index (χ3n) is 2.05. The zero-order valence-corrected chi connectivity index (χ0v) is 7.90. The van der Waals surface area contributed by atoms with Crippen LogP contribution in [0.1, 0.15) is 5.56 Å². The maximum Gasteiger partial charge on any atom is 0.416 e. The Kier molecular flexibility index (Phi) is 2.67. The summed E-state index contributed by atoms with van der Waals surface area (Å²) in [7, 11) is 0. The standard InChI is InChI=1S/C11H9F2N2/c12-10-11(13)15(7-6-14-10)8-9-4-2-1-3-5-9/h1-7H,8H2/q+1. The van der Waals surface area contributed by atoms with Gasteiger partial charge in [-0.05, 0) is 0 Å². The highest BCUT2D eigenvalue weighted by Crippen LogP contribution is 1.99. The molecule has 0 atom stereocenters. The van der Waals surface area contributed by atoms with Crippen molar-refractivity contribution >= 4 is 0 Å². The van der Waals surface area contributed by atoms with Gasteiger partial charge in [-0.1, -0.05) is 30.3 Å². The first kappa shape index (κ1) is 9.71. The molecule has 76 valence electrons. The maximum absolute atomic E-state index is 13.2. The normalized spacial score (nSPS) is 10.3. The number of hydrogen-bond acceptors (Lipinski definition) is 1. The molecule has 4 heteroatoms. The second-order valence-electron chi connectivity index (χ2n) is 3.12. The molecule has 2 aromatic rings. The molecule has 0 aliphatic heterocycles. The van der Waals surface area contributed by atoms with E-state index in [9.17, 15) is 8.78 Å². The van der Waals surface area contributed by atoms with Crippen molar-refractivity contribution in [1.82, 2.24) is 4.98 Å². The molecule has 0 radical (unpaired) electrons. The molecule has 1 aromatic heterocycles. The lowest BCUT2D eigenvalue weighted by molar-refractivity contribution is -0.718. The molecule has 0 saturated heterocycles. The average Bonchev–Trinajstić information content (AvgIpc) is 2.26. The summed E-state index contributed by atoms with van der Waals surface area (Å²) in [6.45, 7) is 0.298. The van der Waals surface area contributed by atoms with E-state index in [1.807, 2.05) is 30.3 Å². The molecule has 0 N–H and O–H groups in total. The van der Waals surface area contributed by atoms with E-state index in [2.05, 4.69) is 4.98 Å². The molecule has 2 rings (SSSR count). The highest BCUT2D eigenvalue weighted by molar-refractivity contribution is 5.13. The summed E-state index contributed by atoms with van der Waals surface area (Å²) in [4.78, 5) is 3.22. The van der Waals surface area contributed by atoms with Gasteiger partial charge in [0.2, 0.25) is 0 Å². The van der Waals surface area contributed by atoms with Crippen LogP contribution in [-0.4, -0.2) is 4.98 Å². The van der Waals surface area contributed by atoms with Gasteiger partial charge in [0.05, 0.1) is 6.20 Å². The van der Waals surface area contributed by atoms with E-state index in [4.69, 9.17) is 0 Å². The van der Waals surface area contributed by atoms with Gasteiger partial charge < -0.3 is 0 Å². The van der Waals surface area contributed by atoms with E-state index in [0.717, 1.165) is 5.56 Å². The van der Waals surface area contributed by atoms with Crippen LogP contribution < -0.4 is 4.57 Å². The van der Waals surface area contributed by atoms with Gasteiger partial charge in [-0.3, -0.25) is 0 Å². The van der Waals surface area contributed by atoms with Crippen LogP contribution in [-0.2, 0) is 6.54 Å². The smallest absolute Gasteiger partial charge is 0.214 e. The Bertz CT molecular complexity index is 457. The average molecular weight is 207 g/mol. The summed E-state index contributed by atoms with van der Waals surface area (Å²) in [5.74, 6) is -2.02. The van der Waals surface area contributed by atoms with E-state index in [0.29, 0.717) is 6.54 Å². The van der Waals surface area contributed by atoms with Crippen LogP contribution in [0, 0.1) is 11.9 Å². The fourth-order valence-corrected chi connectivity index (χ4v) is 1.32. The Morgan fingerprint density at radius 3 is 2.60 bits per heavy atom. The monoisotopic (exact) mass is 207 g/mol. The molecule has 0 aliphatic rings. The van der Waals surface area contributed by atoms with Gasteiger partial charge in [0.25, 0.3) is 0 Å². The highest BCUT2D eigenvalue weighted by Gasteiger charge is 2.16. The van der Waals surface area contributed by atoms with Gasteiger partial charge in [0, 0.05) is 5.56 Å². The van der Waals surface area contributed by atoms with E-state index in [-0.39, 0.29) is 0 Å². The van der Waals surface area contributed by atoms with Crippen molar-refractivity contribution in [3.63, 3.8) is 0 Å². The third-order valence-corrected chi connectivity index (χ3v) is 2.05.